The number of carbonyl (C=O) groups excluding carboxylic acids is 2. The van der Waals surface area contributed by atoms with Crippen molar-refractivity contribution in [2.24, 2.45) is 0 Å². The predicted molar refractivity (Wildman–Crippen MR) is 102 cm³/mol. The number of pyridine rings is 1. The Bertz CT molecular complexity index is 802. The maximum Gasteiger partial charge on any atom is 0.175 e. The molecule has 0 fully saturated rings. The molecule has 1 heterocycles. The van der Waals surface area contributed by atoms with Crippen LogP contribution in [0.4, 0.5) is 0 Å². The SMILES string of the molecule is C=C(C)O.CC1=CC(=O)C(c2ccc3ccccc3n2)C1=O.CCC. The van der Waals surface area contributed by atoms with Gasteiger partial charge >= 0.3 is 0 Å². The number of Topliss-reactive ketones (excluding diaryl/α,β-unsaturated/α-hetero) is 1. The molecule has 1 aromatic carbocycles. The Morgan fingerprint density at radius 2 is 1.72 bits per heavy atom. The van der Waals surface area contributed by atoms with Gasteiger partial charge in [0.2, 0.25) is 0 Å². The Kier molecular flexibility index (Phi) is 7.73. The molecule has 1 aliphatic carbocycles. The van der Waals surface area contributed by atoms with Gasteiger partial charge in [0.05, 0.1) is 17.0 Å². The second-order valence-electron chi connectivity index (χ2n) is 5.90. The minimum atomic E-state index is -0.741. The summed E-state index contributed by atoms with van der Waals surface area (Å²) in [6.07, 6.45) is 2.66. The third-order valence-electron chi connectivity index (χ3n) is 3.21. The molecule has 25 heavy (non-hydrogen) atoms. The Labute approximate surface area is 148 Å². The number of rotatable bonds is 1. The first-order valence-corrected chi connectivity index (χ1v) is 8.28. The highest BCUT2D eigenvalue weighted by Crippen LogP contribution is 2.27. The van der Waals surface area contributed by atoms with Crippen molar-refractivity contribution >= 4 is 22.5 Å². The fourth-order valence-corrected chi connectivity index (χ4v) is 2.25. The van der Waals surface area contributed by atoms with E-state index in [2.05, 4.69) is 25.4 Å². The highest BCUT2D eigenvalue weighted by molar-refractivity contribution is 6.24. The third-order valence-corrected chi connectivity index (χ3v) is 3.21. The molecule has 0 radical (unpaired) electrons. The Hall–Kier alpha value is -2.75. The van der Waals surface area contributed by atoms with Crippen LogP contribution in [0.1, 0.15) is 45.7 Å². The molecule has 1 N–H and O–H groups in total. The number of allylic oxidation sites excluding steroid dienone is 3. The van der Waals surface area contributed by atoms with Crippen LogP contribution in [0.25, 0.3) is 10.9 Å². The van der Waals surface area contributed by atoms with E-state index in [-0.39, 0.29) is 17.3 Å². The van der Waals surface area contributed by atoms with Crippen molar-refractivity contribution in [2.45, 2.75) is 40.0 Å². The van der Waals surface area contributed by atoms with Gasteiger partial charge in [-0.1, -0.05) is 51.1 Å². The fourth-order valence-electron chi connectivity index (χ4n) is 2.25. The molecule has 0 bridgehead atoms. The van der Waals surface area contributed by atoms with Crippen LogP contribution in [0.15, 0.2) is 60.4 Å². The summed E-state index contributed by atoms with van der Waals surface area (Å²) in [5, 5.41) is 8.86. The summed E-state index contributed by atoms with van der Waals surface area (Å²) in [6.45, 7) is 10.6. The van der Waals surface area contributed by atoms with E-state index in [1.165, 1.54) is 19.4 Å². The second-order valence-corrected chi connectivity index (χ2v) is 5.90. The molecule has 3 rings (SSSR count). The lowest BCUT2D eigenvalue weighted by Crippen LogP contribution is -2.15. The van der Waals surface area contributed by atoms with Gasteiger partial charge in [-0.05, 0) is 37.6 Å². The molecule has 0 aliphatic heterocycles. The van der Waals surface area contributed by atoms with Crippen molar-refractivity contribution in [3.63, 3.8) is 0 Å². The molecular formula is C21H25NO3. The smallest absolute Gasteiger partial charge is 0.175 e. The topological polar surface area (TPSA) is 67.3 Å². The van der Waals surface area contributed by atoms with Crippen LogP contribution in [0.5, 0.6) is 0 Å². The Balaban J connectivity index is 0.000000386. The number of nitrogens with zero attached hydrogens (tertiary/aromatic N) is 1. The van der Waals surface area contributed by atoms with Gasteiger partial charge in [0, 0.05) is 5.39 Å². The number of para-hydroxylation sites is 1. The highest BCUT2D eigenvalue weighted by Gasteiger charge is 2.34. The van der Waals surface area contributed by atoms with Crippen LogP contribution in [-0.4, -0.2) is 21.7 Å². The number of fused-ring (bicyclic) bond motifs is 1. The van der Waals surface area contributed by atoms with Crippen LogP contribution < -0.4 is 0 Å². The van der Waals surface area contributed by atoms with Crippen molar-refractivity contribution in [2.75, 3.05) is 0 Å². The van der Waals surface area contributed by atoms with Crippen molar-refractivity contribution in [3.8, 4) is 0 Å². The van der Waals surface area contributed by atoms with E-state index in [1.807, 2.05) is 30.3 Å². The standard InChI is InChI=1S/C15H11NO2.C3H6O.C3H8/c1-9-8-13(17)14(15(9)18)12-7-6-10-4-2-3-5-11(10)16-12;1-3(2)4;1-3-2/h2-8,14H,1H3;4H,1H2,2H3;3H2,1-2H3. The molecule has 0 spiro atoms. The molecule has 1 unspecified atom stereocenters. The summed E-state index contributed by atoms with van der Waals surface area (Å²) >= 11 is 0. The zero-order valence-corrected chi connectivity index (χ0v) is 15.2. The minimum Gasteiger partial charge on any atom is -0.513 e. The molecule has 4 nitrogen and oxygen atoms in total. The van der Waals surface area contributed by atoms with Crippen LogP contribution in [-0.2, 0) is 9.59 Å². The molecular weight excluding hydrogens is 314 g/mol. The minimum absolute atomic E-state index is 0.136. The van der Waals surface area contributed by atoms with E-state index < -0.39 is 5.92 Å². The number of hydrogen-bond acceptors (Lipinski definition) is 4. The lowest BCUT2D eigenvalue weighted by atomic mass is 9.98. The zero-order valence-electron chi connectivity index (χ0n) is 15.2. The third kappa shape index (κ3) is 5.68. The summed E-state index contributed by atoms with van der Waals surface area (Å²) in [4.78, 5) is 28.1. The van der Waals surface area contributed by atoms with Gasteiger partial charge in [0.25, 0.3) is 0 Å². The summed E-state index contributed by atoms with van der Waals surface area (Å²) in [5.74, 6) is -0.877. The predicted octanol–water partition coefficient (Wildman–Crippen LogP) is 4.91. The molecule has 2 aromatic rings. The first-order valence-electron chi connectivity index (χ1n) is 8.28. The van der Waals surface area contributed by atoms with Gasteiger partial charge in [-0.25, -0.2) is 0 Å². The average molecular weight is 339 g/mol. The Morgan fingerprint density at radius 3 is 2.24 bits per heavy atom. The van der Waals surface area contributed by atoms with Crippen LogP contribution in [0.2, 0.25) is 0 Å². The fraction of sp³-hybridized carbons (Fsp3) is 0.286. The van der Waals surface area contributed by atoms with Gasteiger partial charge in [-0.15, -0.1) is 0 Å². The first kappa shape index (κ1) is 20.3. The summed E-state index contributed by atoms with van der Waals surface area (Å²) in [7, 11) is 0. The number of aromatic nitrogens is 1. The molecule has 0 saturated heterocycles. The molecule has 1 aromatic heterocycles. The maximum atomic E-state index is 11.9. The quantitative estimate of drug-likeness (QED) is 0.592. The van der Waals surface area contributed by atoms with E-state index in [1.54, 1.807) is 13.0 Å². The van der Waals surface area contributed by atoms with Gasteiger partial charge in [-0.3, -0.25) is 14.6 Å². The Morgan fingerprint density at radius 1 is 1.16 bits per heavy atom. The van der Waals surface area contributed by atoms with E-state index >= 15 is 0 Å². The second kappa shape index (κ2) is 9.52. The largest absolute Gasteiger partial charge is 0.513 e. The average Bonchev–Trinajstić information content (AvgIpc) is 2.80. The van der Waals surface area contributed by atoms with Gasteiger partial charge < -0.3 is 5.11 Å². The van der Waals surface area contributed by atoms with Crippen molar-refractivity contribution in [1.29, 1.82) is 0 Å². The normalized spacial score (nSPS) is 15.7. The summed E-state index contributed by atoms with van der Waals surface area (Å²) in [5.41, 5.74) is 1.86. The van der Waals surface area contributed by atoms with Crippen LogP contribution in [0.3, 0.4) is 0 Å². The van der Waals surface area contributed by atoms with Crippen LogP contribution in [0, 0.1) is 0 Å². The zero-order chi connectivity index (χ0) is 19.0. The molecule has 0 saturated carbocycles. The number of aliphatic hydroxyl groups excluding tert-OH is 1. The lowest BCUT2D eigenvalue weighted by Gasteiger charge is -2.08. The van der Waals surface area contributed by atoms with Crippen LogP contribution >= 0.6 is 0 Å². The van der Waals surface area contributed by atoms with Crippen molar-refractivity contribution in [1.82, 2.24) is 4.98 Å². The van der Waals surface area contributed by atoms with Gasteiger partial charge in [0.1, 0.15) is 5.92 Å². The van der Waals surface area contributed by atoms with E-state index in [0.717, 1.165) is 10.9 Å². The highest BCUT2D eigenvalue weighted by atomic mass is 16.3. The van der Waals surface area contributed by atoms with Gasteiger partial charge in [0.15, 0.2) is 11.6 Å². The van der Waals surface area contributed by atoms with E-state index in [4.69, 9.17) is 5.11 Å². The number of hydrogen-bond donors (Lipinski definition) is 1. The molecule has 1 atom stereocenters. The van der Waals surface area contributed by atoms with Crippen molar-refractivity contribution < 1.29 is 14.7 Å². The molecule has 0 amide bonds. The van der Waals surface area contributed by atoms with E-state index in [0.29, 0.717) is 11.3 Å². The summed E-state index contributed by atoms with van der Waals surface area (Å²) in [6, 6.07) is 11.3. The molecule has 132 valence electrons. The number of aliphatic hydroxyl groups is 1. The summed E-state index contributed by atoms with van der Waals surface area (Å²) < 4.78 is 0. The molecule has 1 aliphatic rings. The van der Waals surface area contributed by atoms with Gasteiger partial charge in [-0.2, -0.15) is 0 Å². The number of carbonyl (C=O) groups is 2. The number of ketones is 2. The molecule has 4 heteroatoms. The van der Waals surface area contributed by atoms with E-state index in [9.17, 15) is 9.59 Å². The maximum absolute atomic E-state index is 11.9. The first-order chi connectivity index (χ1) is 11.8. The lowest BCUT2D eigenvalue weighted by molar-refractivity contribution is -0.122. The van der Waals surface area contributed by atoms with Crippen molar-refractivity contribution in [3.05, 3.63) is 66.1 Å². The monoisotopic (exact) mass is 339 g/mol. The number of benzene rings is 1.